The minimum absolute atomic E-state index is 0.0394. The molecule has 0 aliphatic carbocycles. The predicted molar refractivity (Wildman–Crippen MR) is 93.8 cm³/mol. The predicted octanol–water partition coefficient (Wildman–Crippen LogP) is 4.00. The van der Waals surface area contributed by atoms with Crippen LogP contribution in [0, 0.1) is 0 Å². The number of carbonyl (C=O) groups is 1. The highest BCUT2D eigenvalue weighted by Gasteiger charge is 2.34. The van der Waals surface area contributed by atoms with Gasteiger partial charge in [0.2, 0.25) is 0 Å². The number of ether oxygens (including phenoxy) is 4. The van der Waals surface area contributed by atoms with Crippen LogP contribution in [0.2, 0.25) is 0 Å². The minimum Gasteiger partial charge on any atom is -0.498 e. The van der Waals surface area contributed by atoms with Crippen LogP contribution in [0.3, 0.4) is 0 Å². The topological polar surface area (TPSA) is 54.0 Å². The Kier molecular flexibility index (Phi) is 6.88. The van der Waals surface area contributed by atoms with Crippen molar-refractivity contribution in [3.05, 3.63) is 12.3 Å². The third kappa shape index (κ3) is 8.69. The van der Waals surface area contributed by atoms with Crippen LogP contribution in [0.25, 0.3) is 0 Å². The van der Waals surface area contributed by atoms with Crippen molar-refractivity contribution < 1.29 is 23.7 Å². The van der Waals surface area contributed by atoms with Crippen molar-refractivity contribution in [1.82, 2.24) is 0 Å². The van der Waals surface area contributed by atoms with E-state index in [9.17, 15) is 4.79 Å². The maximum Gasteiger partial charge on any atom is 0.308 e. The van der Waals surface area contributed by atoms with Crippen LogP contribution >= 0.6 is 0 Å². The molecule has 2 aliphatic rings. The molecule has 0 N–H and O–H groups in total. The zero-order valence-electron chi connectivity index (χ0n) is 16.4. The molecule has 2 aliphatic heterocycles. The van der Waals surface area contributed by atoms with Crippen molar-refractivity contribution in [3.8, 4) is 0 Å². The fourth-order valence-electron chi connectivity index (χ4n) is 2.86. The largest absolute Gasteiger partial charge is 0.498 e. The van der Waals surface area contributed by atoms with Crippen molar-refractivity contribution in [2.45, 2.75) is 90.6 Å². The third-order valence-electron chi connectivity index (χ3n) is 3.41. The van der Waals surface area contributed by atoms with Crippen molar-refractivity contribution >= 4 is 5.97 Å². The first kappa shape index (κ1) is 21.0. The summed E-state index contributed by atoms with van der Waals surface area (Å²) >= 11 is 0. The molecule has 5 heteroatoms. The second kappa shape index (κ2) is 7.87. The summed E-state index contributed by atoms with van der Waals surface area (Å²) in [5.41, 5.74) is -0.363. The van der Waals surface area contributed by atoms with Crippen LogP contribution in [0.5, 0.6) is 0 Å². The Bertz CT molecular complexity index is 444. The van der Waals surface area contributed by atoms with Gasteiger partial charge in [-0.25, -0.2) is 0 Å². The monoisotopic (exact) mass is 342 g/mol. The highest BCUT2D eigenvalue weighted by atomic mass is 16.6. The van der Waals surface area contributed by atoms with Crippen molar-refractivity contribution in [2.75, 3.05) is 13.2 Å². The van der Waals surface area contributed by atoms with Gasteiger partial charge in [-0.05, 0) is 48.5 Å². The Morgan fingerprint density at radius 3 is 2.17 bits per heavy atom. The first-order valence-corrected chi connectivity index (χ1v) is 8.62. The van der Waals surface area contributed by atoms with Gasteiger partial charge in [0, 0.05) is 12.8 Å². The van der Waals surface area contributed by atoms with Gasteiger partial charge in [0.15, 0.2) is 0 Å². The summed E-state index contributed by atoms with van der Waals surface area (Å²) in [6.07, 6.45) is 2.12. The molecule has 0 saturated carbocycles. The third-order valence-corrected chi connectivity index (χ3v) is 3.41. The number of hydrogen-bond donors (Lipinski definition) is 0. The smallest absolute Gasteiger partial charge is 0.308 e. The summed E-state index contributed by atoms with van der Waals surface area (Å²) in [6.45, 7) is 19.3. The number of esters is 1. The lowest BCUT2D eigenvalue weighted by molar-refractivity contribution is -0.148. The number of hydrogen-bond acceptors (Lipinski definition) is 5. The Hall–Kier alpha value is -1.07. The van der Waals surface area contributed by atoms with E-state index >= 15 is 0 Å². The van der Waals surface area contributed by atoms with Gasteiger partial charge in [0.1, 0.15) is 12.7 Å². The van der Waals surface area contributed by atoms with Crippen molar-refractivity contribution in [2.24, 2.45) is 0 Å². The van der Waals surface area contributed by atoms with E-state index in [-0.39, 0.29) is 28.9 Å². The fourth-order valence-corrected chi connectivity index (χ4v) is 2.86. The zero-order chi connectivity index (χ0) is 18.6. The first-order valence-electron chi connectivity index (χ1n) is 8.62. The molecule has 0 bridgehead atoms. The first-order chi connectivity index (χ1) is 10.8. The van der Waals surface area contributed by atoms with Crippen molar-refractivity contribution in [1.29, 1.82) is 0 Å². The molecule has 0 radical (unpaired) electrons. The lowest BCUT2D eigenvalue weighted by Gasteiger charge is -2.39. The van der Waals surface area contributed by atoms with E-state index in [0.29, 0.717) is 13.0 Å². The van der Waals surface area contributed by atoms with Gasteiger partial charge < -0.3 is 18.9 Å². The molecule has 2 saturated heterocycles. The molecule has 2 rings (SSSR count). The molecular weight excluding hydrogens is 308 g/mol. The molecule has 2 unspecified atom stereocenters. The number of cyclic esters (lactones) is 1. The molecule has 0 amide bonds. The number of rotatable bonds is 2. The molecule has 2 fully saturated rings. The van der Waals surface area contributed by atoms with Gasteiger partial charge in [-0.2, -0.15) is 0 Å². The molecule has 24 heavy (non-hydrogen) atoms. The summed E-state index contributed by atoms with van der Waals surface area (Å²) in [5, 5.41) is 0. The summed E-state index contributed by atoms with van der Waals surface area (Å²) in [7, 11) is 0. The highest BCUT2D eigenvalue weighted by molar-refractivity contribution is 5.71. The highest BCUT2D eigenvalue weighted by Crippen LogP contribution is 2.33. The Balaban J connectivity index is 0.000000243. The molecule has 0 aromatic rings. The average molecular weight is 342 g/mol. The zero-order valence-corrected chi connectivity index (χ0v) is 16.4. The minimum atomic E-state index is -0.182. The molecule has 2 heterocycles. The number of carbonyl (C=O) groups excluding carboxylic acids is 1. The van der Waals surface area contributed by atoms with E-state index in [1.165, 1.54) is 0 Å². The van der Waals surface area contributed by atoms with Crippen LogP contribution in [-0.4, -0.2) is 42.1 Å². The van der Waals surface area contributed by atoms with Crippen LogP contribution in [0.15, 0.2) is 12.3 Å². The molecule has 0 spiro atoms. The maximum atomic E-state index is 10.6. The van der Waals surface area contributed by atoms with Crippen molar-refractivity contribution in [3.63, 3.8) is 0 Å². The molecule has 0 aromatic carbocycles. The Morgan fingerprint density at radius 2 is 1.75 bits per heavy atom. The lowest BCUT2D eigenvalue weighted by Crippen LogP contribution is -2.41. The second-order valence-electron chi connectivity index (χ2n) is 8.72. The van der Waals surface area contributed by atoms with E-state index in [2.05, 4.69) is 34.3 Å². The molecule has 2 atom stereocenters. The van der Waals surface area contributed by atoms with Crippen LogP contribution < -0.4 is 0 Å². The van der Waals surface area contributed by atoms with E-state index in [1.54, 1.807) is 0 Å². The van der Waals surface area contributed by atoms with Gasteiger partial charge >= 0.3 is 5.97 Å². The van der Waals surface area contributed by atoms with E-state index in [4.69, 9.17) is 18.9 Å². The standard InChI is InChI=1S/C11H20O2.C8H14O3/c1-9-8-11(5,6-7-12-9)13-10(2,3)4;1-8(2,3)11-6-4-7(9)10-5-6/h1,6-8H2,2-5H3;6H,4-5H2,1-3H3. The second-order valence-corrected chi connectivity index (χ2v) is 8.72. The Morgan fingerprint density at radius 1 is 1.12 bits per heavy atom. The van der Waals surface area contributed by atoms with Gasteiger partial charge in [0.05, 0.1) is 35.6 Å². The van der Waals surface area contributed by atoms with E-state index in [1.807, 2.05) is 20.8 Å². The summed E-state index contributed by atoms with van der Waals surface area (Å²) in [4.78, 5) is 10.6. The van der Waals surface area contributed by atoms with E-state index in [0.717, 1.165) is 25.2 Å². The quantitative estimate of drug-likeness (QED) is 0.710. The molecule has 0 aromatic heterocycles. The van der Waals surface area contributed by atoms with Gasteiger partial charge in [-0.3, -0.25) is 4.79 Å². The lowest BCUT2D eigenvalue weighted by atomic mass is 9.94. The average Bonchev–Trinajstić information content (AvgIpc) is 2.69. The summed E-state index contributed by atoms with van der Waals surface area (Å²) in [6, 6.07) is 0. The van der Waals surface area contributed by atoms with Crippen LogP contribution in [0.1, 0.15) is 67.7 Å². The molecule has 5 nitrogen and oxygen atoms in total. The SMILES string of the molecule is C=C1CC(C)(OC(C)(C)C)CCO1.CC(C)(C)OC1COC(=O)C1. The Labute approximate surface area is 146 Å². The van der Waals surface area contributed by atoms with Gasteiger partial charge in [-0.1, -0.05) is 6.58 Å². The normalized spacial score (nSPS) is 27.9. The van der Waals surface area contributed by atoms with E-state index < -0.39 is 0 Å². The maximum absolute atomic E-state index is 10.6. The van der Waals surface area contributed by atoms with Gasteiger partial charge in [-0.15, -0.1) is 0 Å². The van der Waals surface area contributed by atoms with Crippen LogP contribution in [0.4, 0.5) is 0 Å². The molecular formula is C19H34O5. The van der Waals surface area contributed by atoms with Crippen LogP contribution in [-0.2, 0) is 23.7 Å². The molecule has 140 valence electrons. The summed E-state index contributed by atoms with van der Waals surface area (Å²) < 4.78 is 21.6. The summed E-state index contributed by atoms with van der Waals surface area (Å²) in [5.74, 6) is 0.692. The fraction of sp³-hybridized carbons (Fsp3) is 0.842. The van der Waals surface area contributed by atoms with Gasteiger partial charge in [0.25, 0.3) is 0 Å².